The molecule has 37 heavy (non-hydrogen) atoms. The molecule has 0 aromatic heterocycles. The molecule has 0 saturated heterocycles. The molecule has 1 saturated carbocycles. The zero-order valence-electron chi connectivity index (χ0n) is 22.4. The predicted octanol–water partition coefficient (Wildman–Crippen LogP) is 7.73. The van der Waals surface area contributed by atoms with Crippen LogP contribution in [0.4, 0.5) is 21.9 Å². The second-order valence-electron chi connectivity index (χ2n) is 10.8. The minimum Gasteiger partial charge on any atom is -0.444 e. The maximum Gasteiger partial charge on any atom is 0.412 e. The minimum atomic E-state index is -0.749. The molecule has 8 nitrogen and oxygen atoms in total. The van der Waals surface area contributed by atoms with Gasteiger partial charge in [0, 0.05) is 23.7 Å². The molecule has 0 aliphatic heterocycles. The summed E-state index contributed by atoms with van der Waals surface area (Å²) in [6, 6.07) is 13.1. The first-order chi connectivity index (χ1) is 17.6. The Kier molecular flexibility index (Phi) is 9.66. The van der Waals surface area contributed by atoms with Gasteiger partial charge < -0.3 is 9.64 Å². The van der Waals surface area contributed by atoms with Crippen molar-refractivity contribution in [2.75, 3.05) is 10.2 Å². The van der Waals surface area contributed by atoms with Crippen LogP contribution in [0, 0.1) is 16.0 Å². The number of anilines is 2. The number of hydrogen-bond acceptors (Lipinski definition) is 5. The van der Waals surface area contributed by atoms with Crippen LogP contribution in [0.15, 0.2) is 48.5 Å². The molecule has 3 rings (SSSR count). The zero-order chi connectivity index (χ0) is 27.0. The molecule has 2 aromatic carbocycles. The number of hydrogen-bond donors (Lipinski definition) is 1. The smallest absolute Gasteiger partial charge is 0.412 e. The lowest BCUT2D eigenvalue weighted by Gasteiger charge is -2.38. The molecule has 0 spiro atoms. The zero-order valence-corrected chi connectivity index (χ0v) is 22.4. The van der Waals surface area contributed by atoms with Crippen LogP contribution in [0.5, 0.6) is 0 Å². The molecule has 0 atom stereocenters. The van der Waals surface area contributed by atoms with Crippen LogP contribution in [0.2, 0.25) is 0 Å². The molecule has 8 heteroatoms. The summed E-state index contributed by atoms with van der Waals surface area (Å²) >= 11 is 0. The summed E-state index contributed by atoms with van der Waals surface area (Å²) < 4.78 is 5.40. The lowest BCUT2D eigenvalue weighted by molar-refractivity contribution is -0.384. The van der Waals surface area contributed by atoms with Gasteiger partial charge in [0.2, 0.25) is 0 Å². The molecule has 1 aliphatic rings. The number of carbonyl (C=O) groups excluding carboxylic acids is 2. The fourth-order valence-electron chi connectivity index (χ4n) is 4.93. The van der Waals surface area contributed by atoms with Gasteiger partial charge in [0.25, 0.3) is 11.6 Å². The SMILES string of the molecule is CCCCCC1CCC(N(C(=O)c2ccccc2)c2ccc([N+](=O)[O-])cc2NC(=O)OC(C)(C)C)CC1. The molecule has 1 N–H and O–H groups in total. The van der Waals surface area contributed by atoms with Crippen LogP contribution >= 0.6 is 0 Å². The summed E-state index contributed by atoms with van der Waals surface area (Å²) in [5.41, 5.74) is 0.203. The number of ether oxygens (including phenoxy) is 1. The van der Waals surface area contributed by atoms with Crippen molar-refractivity contribution in [3.8, 4) is 0 Å². The lowest BCUT2D eigenvalue weighted by Crippen LogP contribution is -2.43. The fraction of sp³-hybridized carbons (Fsp3) is 0.517. The maximum atomic E-state index is 13.9. The molecule has 2 aromatic rings. The summed E-state index contributed by atoms with van der Waals surface area (Å²) in [7, 11) is 0. The first-order valence-corrected chi connectivity index (χ1v) is 13.3. The van der Waals surface area contributed by atoms with E-state index >= 15 is 0 Å². The molecule has 0 heterocycles. The van der Waals surface area contributed by atoms with Crippen molar-refractivity contribution in [2.24, 2.45) is 5.92 Å². The Bertz CT molecular complexity index is 1070. The van der Waals surface area contributed by atoms with E-state index in [1.54, 1.807) is 43.9 Å². The van der Waals surface area contributed by atoms with Crippen molar-refractivity contribution in [3.05, 3.63) is 64.2 Å². The summed E-state index contributed by atoms with van der Waals surface area (Å²) in [5.74, 6) is 0.448. The monoisotopic (exact) mass is 509 g/mol. The highest BCUT2D eigenvalue weighted by molar-refractivity contribution is 6.09. The van der Waals surface area contributed by atoms with Gasteiger partial charge in [-0.15, -0.1) is 0 Å². The highest BCUT2D eigenvalue weighted by atomic mass is 16.6. The first kappa shape index (κ1) is 28.2. The van der Waals surface area contributed by atoms with E-state index in [0.29, 0.717) is 17.2 Å². The van der Waals surface area contributed by atoms with E-state index in [4.69, 9.17) is 4.74 Å². The van der Waals surface area contributed by atoms with Crippen LogP contribution in [0.1, 0.15) is 89.4 Å². The third-order valence-electron chi connectivity index (χ3n) is 6.72. The number of benzene rings is 2. The Hall–Kier alpha value is -3.42. The van der Waals surface area contributed by atoms with E-state index in [1.165, 1.54) is 37.8 Å². The minimum absolute atomic E-state index is 0.0872. The molecular weight excluding hydrogens is 470 g/mol. The van der Waals surface area contributed by atoms with Gasteiger partial charge in [0.15, 0.2) is 0 Å². The van der Waals surface area contributed by atoms with Crippen LogP contribution < -0.4 is 10.2 Å². The maximum absolute atomic E-state index is 13.9. The fourth-order valence-corrected chi connectivity index (χ4v) is 4.93. The molecule has 1 fully saturated rings. The number of carbonyl (C=O) groups is 2. The number of nitro benzene ring substituents is 1. The van der Waals surface area contributed by atoms with Crippen molar-refractivity contribution in [3.63, 3.8) is 0 Å². The summed E-state index contributed by atoms with van der Waals surface area (Å²) in [5, 5.41) is 14.2. The molecule has 0 unspecified atom stereocenters. The topological polar surface area (TPSA) is 102 Å². The quantitative estimate of drug-likeness (QED) is 0.212. The van der Waals surface area contributed by atoms with Gasteiger partial charge in [-0.25, -0.2) is 4.79 Å². The first-order valence-electron chi connectivity index (χ1n) is 13.3. The van der Waals surface area contributed by atoms with E-state index < -0.39 is 16.6 Å². The van der Waals surface area contributed by atoms with Crippen LogP contribution in [-0.2, 0) is 4.74 Å². The third-order valence-corrected chi connectivity index (χ3v) is 6.72. The lowest BCUT2D eigenvalue weighted by atomic mass is 9.82. The average molecular weight is 510 g/mol. The van der Waals surface area contributed by atoms with E-state index in [2.05, 4.69) is 12.2 Å². The van der Waals surface area contributed by atoms with Gasteiger partial charge in [0.05, 0.1) is 16.3 Å². The number of amides is 2. The predicted molar refractivity (Wildman–Crippen MR) is 146 cm³/mol. The van der Waals surface area contributed by atoms with Crippen LogP contribution in [0.25, 0.3) is 0 Å². The van der Waals surface area contributed by atoms with Gasteiger partial charge in [-0.2, -0.15) is 0 Å². The van der Waals surface area contributed by atoms with E-state index in [-0.39, 0.29) is 23.3 Å². The number of nitrogens with zero attached hydrogens (tertiary/aromatic N) is 2. The Morgan fingerprint density at radius 2 is 1.73 bits per heavy atom. The van der Waals surface area contributed by atoms with E-state index in [0.717, 1.165) is 25.7 Å². The van der Waals surface area contributed by atoms with Gasteiger partial charge in [0.1, 0.15) is 5.60 Å². The number of nitrogens with one attached hydrogen (secondary N) is 1. The van der Waals surface area contributed by atoms with Gasteiger partial charge in [-0.1, -0.05) is 50.8 Å². The second kappa shape index (κ2) is 12.7. The number of rotatable bonds is 9. The largest absolute Gasteiger partial charge is 0.444 e. The highest BCUT2D eigenvalue weighted by Gasteiger charge is 2.33. The number of non-ortho nitro benzene ring substituents is 1. The summed E-state index contributed by atoms with van der Waals surface area (Å²) in [4.78, 5) is 39.3. The Labute approximate surface area is 219 Å². The highest BCUT2D eigenvalue weighted by Crippen LogP contribution is 2.38. The van der Waals surface area contributed by atoms with Crippen molar-refractivity contribution in [2.45, 2.75) is 90.7 Å². The second-order valence-corrected chi connectivity index (χ2v) is 10.8. The molecule has 0 radical (unpaired) electrons. The molecule has 200 valence electrons. The summed E-state index contributed by atoms with van der Waals surface area (Å²) in [6.45, 7) is 7.43. The Morgan fingerprint density at radius 3 is 2.32 bits per heavy atom. The van der Waals surface area contributed by atoms with Gasteiger partial charge in [-0.05, 0) is 70.6 Å². The van der Waals surface area contributed by atoms with E-state index in [1.807, 2.05) is 18.2 Å². The van der Waals surface area contributed by atoms with E-state index in [9.17, 15) is 19.7 Å². The molecule has 2 amide bonds. The van der Waals surface area contributed by atoms with Crippen LogP contribution in [0.3, 0.4) is 0 Å². The van der Waals surface area contributed by atoms with Crippen molar-refractivity contribution in [1.29, 1.82) is 0 Å². The van der Waals surface area contributed by atoms with Crippen LogP contribution in [-0.4, -0.2) is 28.6 Å². The number of nitro groups is 1. The average Bonchev–Trinajstić information content (AvgIpc) is 2.85. The normalized spacial score (nSPS) is 17.6. The third kappa shape index (κ3) is 8.03. The Morgan fingerprint density at radius 1 is 1.05 bits per heavy atom. The van der Waals surface area contributed by atoms with Gasteiger partial charge in [-0.3, -0.25) is 20.2 Å². The standard InChI is InChI=1S/C29H39N3O5/c1-5-6-8-11-21-14-16-23(17-15-21)31(27(33)22-12-9-7-10-13-22)26-19-18-24(32(35)36)20-25(26)30-28(34)37-29(2,3)4/h7,9-10,12-13,18-21,23H,5-6,8,11,14-17H2,1-4H3,(H,30,34). The molecule has 0 bridgehead atoms. The van der Waals surface area contributed by atoms with Crippen molar-refractivity contribution < 1.29 is 19.2 Å². The molecular formula is C29H39N3O5. The number of unbranched alkanes of at least 4 members (excludes halogenated alkanes) is 2. The van der Waals surface area contributed by atoms with Crippen molar-refractivity contribution in [1.82, 2.24) is 0 Å². The summed E-state index contributed by atoms with van der Waals surface area (Å²) in [6.07, 6.45) is 7.84. The molecule has 1 aliphatic carbocycles. The Balaban J connectivity index is 1.97. The van der Waals surface area contributed by atoms with Crippen molar-refractivity contribution >= 4 is 29.1 Å². The van der Waals surface area contributed by atoms with Gasteiger partial charge >= 0.3 is 6.09 Å².